The van der Waals surface area contributed by atoms with Gasteiger partial charge in [0.25, 0.3) is 0 Å². The number of nitrogens with zero attached hydrogens (tertiary/aromatic N) is 1. The van der Waals surface area contributed by atoms with E-state index in [1.165, 1.54) is 42.1 Å². The molecule has 2 nitrogen and oxygen atoms in total. The second-order valence-corrected chi connectivity index (χ2v) is 15.1. The third kappa shape index (κ3) is 5.32. The van der Waals surface area contributed by atoms with Gasteiger partial charge in [-0.2, -0.15) is 0 Å². The molecule has 2 aromatic heterocycles. The van der Waals surface area contributed by atoms with Crippen molar-refractivity contribution in [3.63, 3.8) is 0 Å². The fourth-order valence-corrected chi connectivity index (χ4v) is 9.44. The summed E-state index contributed by atoms with van der Waals surface area (Å²) in [6.07, 6.45) is 0. The molecule has 0 unspecified atom stereocenters. The van der Waals surface area contributed by atoms with Gasteiger partial charge in [0.1, 0.15) is 11.2 Å². The monoisotopic (exact) mass is 719 g/mol. The third-order valence-corrected chi connectivity index (χ3v) is 12.0. The standard InChI is InChI=1S/C52H33NOS/c1-4-13-34(14-5-1)39-25-28-45-48(32-39)54-51-42(37-18-8-3-9-19-37)29-30-46(50(45)51)53(41-26-23-36-17-10-11-20-38(36)31-41)47-22-12-21-44-43-27-24-40(33-49(43)55-52(44)47)35-15-6-2-7-16-35/h1-33H. The fraction of sp³-hybridized carbons (Fsp3) is 0. The highest BCUT2D eigenvalue weighted by Crippen LogP contribution is 2.50. The molecular weight excluding hydrogens is 687 g/mol. The van der Waals surface area contributed by atoms with Crippen LogP contribution in [0.3, 0.4) is 0 Å². The minimum absolute atomic E-state index is 0.868. The molecule has 0 fully saturated rings. The lowest BCUT2D eigenvalue weighted by Crippen LogP contribution is -2.10. The van der Waals surface area contributed by atoms with Gasteiger partial charge >= 0.3 is 0 Å². The average Bonchev–Trinajstić information content (AvgIpc) is 3.83. The van der Waals surface area contributed by atoms with Crippen LogP contribution in [0.2, 0.25) is 0 Å². The van der Waals surface area contributed by atoms with Gasteiger partial charge in [-0.3, -0.25) is 0 Å². The van der Waals surface area contributed by atoms with Crippen molar-refractivity contribution in [3.05, 3.63) is 200 Å². The summed E-state index contributed by atoms with van der Waals surface area (Å²) in [5, 5.41) is 7.11. The molecule has 0 bridgehead atoms. The van der Waals surface area contributed by atoms with Crippen LogP contribution in [0.25, 0.3) is 86.3 Å². The quantitative estimate of drug-likeness (QED) is 0.170. The Balaban J connectivity index is 1.20. The maximum atomic E-state index is 7.00. The van der Waals surface area contributed by atoms with Gasteiger partial charge in [-0.15, -0.1) is 11.3 Å². The largest absolute Gasteiger partial charge is 0.455 e. The lowest BCUT2D eigenvalue weighted by Gasteiger charge is -2.27. The molecule has 2 heterocycles. The minimum Gasteiger partial charge on any atom is -0.455 e. The summed E-state index contributed by atoms with van der Waals surface area (Å²) >= 11 is 1.86. The number of anilines is 3. The molecule has 0 saturated carbocycles. The third-order valence-electron chi connectivity index (χ3n) is 10.8. The van der Waals surface area contributed by atoms with E-state index in [1.807, 2.05) is 11.3 Å². The molecular formula is C52H33NOS. The van der Waals surface area contributed by atoms with Gasteiger partial charge in [0.2, 0.25) is 0 Å². The molecule has 0 aliphatic carbocycles. The second-order valence-electron chi connectivity index (χ2n) is 14.1. The van der Waals surface area contributed by atoms with Gasteiger partial charge in [-0.25, -0.2) is 0 Å². The number of thiophene rings is 1. The molecule has 9 aromatic carbocycles. The minimum atomic E-state index is 0.868. The Bertz CT molecular complexity index is 3200. The first-order chi connectivity index (χ1) is 27.3. The van der Waals surface area contributed by atoms with Crippen molar-refractivity contribution in [2.24, 2.45) is 0 Å². The first kappa shape index (κ1) is 31.6. The normalized spacial score (nSPS) is 11.6. The Morgan fingerprint density at radius 3 is 1.80 bits per heavy atom. The summed E-state index contributed by atoms with van der Waals surface area (Å²) in [5.74, 6) is 0. The molecule has 258 valence electrons. The van der Waals surface area contributed by atoms with Gasteiger partial charge in [0.15, 0.2) is 0 Å². The van der Waals surface area contributed by atoms with Crippen molar-refractivity contribution in [1.82, 2.24) is 0 Å². The van der Waals surface area contributed by atoms with Crippen LogP contribution >= 0.6 is 11.3 Å². The lowest BCUT2D eigenvalue weighted by molar-refractivity contribution is 0.670. The van der Waals surface area contributed by atoms with Crippen molar-refractivity contribution in [2.75, 3.05) is 4.90 Å². The highest BCUT2D eigenvalue weighted by Gasteiger charge is 2.25. The van der Waals surface area contributed by atoms with Crippen molar-refractivity contribution < 1.29 is 4.42 Å². The number of fused-ring (bicyclic) bond motifs is 7. The molecule has 0 aliphatic rings. The summed E-state index contributed by atoms with van der Waals surface area (Å²) in [4.78, 5) is 2.46. The molecule has 11 rings (SSSR count). The number of hydrogen-bond donors (Lipinski definition) is 0. The topological polar surface area (TPSA) is 16.4 Å². The Morgan fingerprint density at radius 2 is 1.05 bits per heavy atom. The van der Waals surface area contributed by atoms with Gasteiger partial charge in [0.05, 0.1) is 21.5 Å². The molecule has 0 atom stereocenters. The molecule has 55 heavy (non-hydrogen) atoms. The van der Waals surface area contributed by atoms with Gasteiger partial charge in [0, 0.05) is 32.1 Å². The smallest absolute Gasteiger partial charge is 0.145 e. The van der Waals surface area contributed by atoms with Crippen molar-refractivity contribution in [3.8, 4) is 33.4 Å². The number of furan rings is 1. The van der Waals surface area contributed by atoms with E-state index in [4.69, 9.17) is 4.42 Å². The average molecular weight is 720 g/mol. The first-order valence-corrected chi connectivity index (χ1v) is 19.5. The van der Waals surface area contributed by atoms with E-state index in [9.17, 15) is 0 Å². The second kappa shape index (κ2) is 12.9. The Labute approximate surface area is 322 Å². The Kier molecular flexibility index (Phi) is 7.39. The summed E-state index contributed by atoms with van der Waals surface area (Å²) in [7, 11) is 0. The van der Waals surface area contributed by atoms with E-state index in [1.54, 1.807) is 0 Å². The summed E-state index contributed by atoms with van der Waals surface area (Å²) in [6, 6.07) is 72.0. The highest BCUT2D eigenvalue weighted by atomic mass is 32.1. The van der Waals surface area contributed by atoms with E-state index in [0.717, 1.165) is 61.3 Å². The van der Waals surface area contributed by atoms with Gasteiger partial charge in [-0.05, 0) is 87.1 Å². The van der Waals surface area contributed by atoms with Crippen LogP contribution in [-0.2, 0) is 0 Å². The molecule has 0 spiro atoms. The molecule has 11 aromatic rings. The van der Waals surface area contributed by atoms with Gasteiger partial charge in [-0.1, -0.05) is 152 Å². The predicted molar refractivity (Wildman–Crippen MR) is 235 cm³/mol. The molecule has 0 saturated heterocycles. The lowest BCUT2D eigenvalue weighted by atomic mass is 9.98. The van der Waals surface area contributed by atoms with Crippen molar-refractivity contribution >= 4 is 81.3 Å². The molecule has 0 amide bonds. The van der Waals surface area contributed by atoms with Crippen LogP contribution in [-0.4, -0.2) is 0 Å². The van der Waals surface area contributed by atoms with E-state index >= 15 is 0 Å². The van der Waals surface area contributed by atoms with Crippen molar-refractivity contribution in [1.29, 1.82) is 0 Å². The van der Waals surface area contributed by atoms with E-state index in [0.29, 0.717) is 0 Å². The summed E-state index contributed by atoms with van der Waals surface area (Å²) in [5.41, 5.74) is 12.0. The Morgan fingerprint density at radius 1 is 0.400 bits per heavy atom. The summed E-state index contributed by atoms with van der Waals surface area (Å²) in [6.45, 7) is 0. The zero-order valence-corrected chi connectivity index (χ0v) is 30.6. The van der Waals surface area contributed by atoms with Crippen LogP contribution in [0.4, 0.5) is 17.1 Å². The van der Waals surface area contributed by atoms with Gasteiger partial charge < -0.3 is 9.32 Å². The molecule has 0 N–H and O–H groups in total. The first-order valence-electron chi connectivity index (χ1n) is 18.7. The Hall–Kier alpha value is -6.94. The zero-order chi connectivity index (χ0) is 36.3. The van der Waals surface area contributed by atoms with E-state index in [2.05, 4.69) is 205 Å². The maximum Gasteiger partial charge on any atom is 0.145 e. The van der Waals surface area contributed by atoms with Crippen molar-refractivity contribution in [2.45, 2.75) is 0 Å². The number of rotatable bonds is 6. The SMILES string of the molecule is c1ccc(-c2ccc3c(c2)oc2c(-c4ccccc4)ccc(N(c4ccc5ccccc5c4)c4cccc5c4sc4cc(-c6ccccc6)ccc45)c23)cc1. The molecule has 0 aliphatic heterocycles. The highest BCUT2D eigenvalue weighted by molar-refractivity contribution is 7.26. The van der Waals surface area contributed by atoms with E-state index in [-0.39, 0.29) is 0 Å². The zero-order valence-electron chi connectivity index (χ0n) is 29.8. The number of benzene rings is 9. The molecule has 3 heteroatoms. The fourth-order valence-electron chi connectivity index (χ4n) is 8.20. The van der Waals surface area contributed by atoms with Crippen LogP contribution in [0, 0.1) is 0 Å². The maximum absolute atomic E-state index is 7.00. The molecule has 0 radical (unpaired) electrons. The van der Waals surface area contributed by atoms with E-state index < -0.39 is 0 Å². The van der Waals surface area contributed by atoms with Crippen LogP contribution in [0.15, 0.2) is 205 Å². The summed E-state index contributed by atoms with van der Waals surface area (Å²) < 4.78 is 9.52. The predicted octanol–water partition coefficient (Wildman–Crippen LogP) is 15.6. The van der Waals surface area contributed by atoms with Crippen LogP contribution in [0.5, 0.6) is 0 Å². The van der Waals surface area contributed by atoms with Crippen LogP contribution < -0.4 is 4.90 Å². The number of hydrogen-bond acceptors (Lipinski definition) is 3. The van der Waals surface area contributed by atoms with Crippen LogP contribution in [0.1, 0.15) is 0 Å².